The second-order valence-electron chi connectivity index (χ2n) is 24.5. The lowest BCUT2D eigenvalue weighted by Gasteiger charge is -2.47. The van der Waals surface area contributed by atoms with Gasteiger partial charge in [-0.1, -0.05) is 258 Å². The van der Waals surface area contributed by atoms with Crippen LogP contribution in [0.15, 0.2) is 199 Å². The van der Waals surface area contributed by atoms with E-state index >= 15 is 0 Å². The smallest absolute Gasteiger partial charge is 0.261 e. The average molecular weight is 1060 g/mol. The van der Waals surface area contributed by atoms with Crippen molar-refractivity contribution in [2.45, 2.75) is 143 Å². The zero-order valence-electron chi connectivity index (χ0n) is 47.5. The molecule has 0 aliphatic carbocycles. The lowest BCUT2D eigenvalue weighted by molar-refractivity contribution is -0.119. The summed E-state index contributed by atoms with van der Waals surface area (Å²) in [4.78, 5) is 13.4. The van der Waals surface area contributed by atoms with Gasteiger partial charge in [0.15, 0.2) is 0 Å². The maximum absolute atomic E-state index is 13.4. The van der Waals surface area contributed by atoms with Crippen LogP contribution in [0, 0.1) is 11.3 Å². The van der Waals surface area contributed by atoms with E-state index in [0.717, 1.165) is 5.57 Å². The van der Waals surface area contributed by atoms with Gasteiger partial charge in [0, 0.05) is 44.0 Å². The second kappa shape index (κ2) is 25.9. The van der Waals surface area contributed by atoms with Gasteiger partial charge in [-0.05, 0) is 90.5 Å². The van der Waals surface area contributed by atoms with E-state index < -0.39 is 36.5 Å². The van der Waals surface area contributed by atoms with Crippen molar-refractivity contribution >= 4 is 61.9 Å². The van der Waals surface area contributed by atoms with Crippen LogP contribution in [-0.2, 0) is 18.1 Å². The fraction of sp³-hybridized carbons (Fsp3) is 0.403. The minimum atomic E-state index is -2.90. The Balaban J connectivity index is 1.18. The minimum absolute atomic E-state index is 0.0907. The molecule has 0 spiro atoms. The molecule has 398 valence electrons. The highest BCUT2D eigenvalue weighted by molar-refractivity contribution is 7.00. The minimum Gasteiger partial charge on any atom is -0.407 e. The fourth-order valence-electron chi connectivity index (χ4n) is 11.4. The standard InChI is InChI=1S/C67H88O5Si3/c1-54(34-31-32-35-56(68)36-33-49-63(69)55(2)51-70-73(64(3,4)5,57-37-19-13-20-38-57)58-39-21-14-22-40-58)50-67(12,52-71-74(65(6,7)8,59-41-23-15-24-42-59)60-43-25-16-26-44-60)53-72-75(66(9,10)11,61-45-27-17-28-46-61)62-47-29-18-30-48-62/h13-31,37-48,55,63,69H,32-33,35-36,49-53H2,1-12H3/t34?,55-,63-/m0/s1. The molecule has 0 saturated carbocycles. The molecule has 0 saturated heterocycles. The monoisotopic (exact) mass is 1060 g/mol. The first-order valence-electron chi connectivity index (χ1n) is 27.5. The molecule has 75 heavy (non-hydrogen) atoms. The van der Waals surface area contributed by atoms with Crippen LogP contribution in [-0.4, -0.2) is 61.8 Å². The average Bonchev–Trinajstić information content (AvgIpc) is 3.39. The molecular formula is C67H88O5Si3. The topological polar surface area (TPSA) is 65.0 Å². The van der Waals surface area contributed by atoms with Crippen LogP contribution in [0.5, 0.6) is 0 Å². The van der Waals surface area contributed by atoms with Crippen molar-refractivity contribution in [1.29, 1.82) is 0 Å². The molecule has 6 rings (SSSR count). The highest BCUT2D eigenvalue weighted by Gasteiger charge is 2.54. The highest BCUT2D eigenvalue weighted by atomic mass is 28.4. The zero-order valence-corrected chi connectivity index (χ0v) is 50.5. The van der Waals surface area contributed by atoms with E-state index in [1.807, 2.05) is 6.08 Å². The van der Waals surface area contributed by atoms with Crippen LogP contribution in [0.2, 0.25) is 15.1 Å². The lowest BCUT2D eigenvalue weighted by atomic mass is 9.86. The van der Waals surface area contributed by atoms with Gasteiger partial charge >= 0.3 is 0 Å². The summed E-state index contributed by atoms with van der Waals surface area (Å²) in [6.07, 6.45) is 4.84. The number of hydrogen-bond donors (Lipinski definition) is 1. The first kappa shape index (κ1) is 59.2. The van der Waals surface area contributed by atoms with Crippen LogP contribution in [0.25, 0.3) is 0 Å². The van der Waals surface area contributed by atoms with Gasteiger partial charge < -0.3 is 18.4 Å². The number of aliphatic hydroxyl groups excluding tert-OH is 1. The van der Waals surface area contributed by atoms with E-state index in [-0.39, 0.29) is 26.8 Å². The number of hydrogen-bond acceptors (Lipinski definition) is 5. The summed E-state index contributed by atoms with van der Waals surface area (Å²) < 4.78 is 22.6. The Kier molecular flexibility index (Phi) is 20.5. The molecule has 5 nitrogen and oxygen atoms in total. The molecule has 0 radical (unpaired) electrons. The number of allylic oxidation sites excluding steroid dienone is 1. The number of benzene rings is 6. The summed E-state index contributed by atoms with van der Waals surface area (Å²) in [5, 5.41) is 18.3. The summed E-state index contributed by atoms with van der Waals surface area (Å²) >= 11 is 0. The van der Waals surface area contributed by atoms with Crippen molar-refractivity contribution in [2.24, 2.45) is 11.3 Å². The van der Waals surface area contributed by atoms with E-state index in [1.165, 1.54) is 31.1 Å². The molecule has 0 unspecified atom stereocenters. The van der Waals surface area contributed by atoms with Gasteiger partial charge in [0.2, 0.25) is 0 Å². The first-order chi connectivity index (χ1) is 35.6. The molecule has 0 heterocycles. The molecule has 0 aliphatic rings. The summed E-state index contributed by atoms with van der Waals surface area (Å²) in [6.45, 7) is 28.8. The largest absolute Gasteiger partial charge is 0.407 e. The normalized spacial score (nSPS) is 13.7. The Bertz CT molecular complexity index is 2500. The Morgan fingerprint density at radius 1 is 0.507 bits per heavy atom. The van der Waals surface area contributed by atoms with Crippen LogP contribution < -0.4 is 31.1 Å². The lowest BCUT2D eigenvalue weighted by Crippen LogP contribution is -2.68. The van der Waals surface area contributed by atoms with Crippen molar-refractivity contribution in [3.8, 4) is 0 Å². The molecule has 6 aromatic rings. The van der Waals surface area contributed by atoms with Crippen LogP contribution in [0.4, 0.5) is 0 Å². The molecule has 0 aromatic heterocycles. The number of rotatable bonds is 25. The highest BCUT2D eigenvalue weighted by Crippen LogP contribution is 2.42. The van der Waals surface area contributed by atoms with Gasteiger partial charge in [0.1, 0.15) is 5.78 Å². The van der Waals surface area contributed by atoms with Gasteiger partial charge in [-0.15, -0.1) is 5.73 Å². The zero-order chi connectivity index (χ0) is 54.4. The van der Waals surface area contributed by atoms with E-state index in [0.29, 0.717) is 58.3 Å². The molecule has 6 aromatic carbocycles. The predicted molar refractivity (Wildman–Crippen MR) is 324 cm³/mol. The maximum Gasteiger partial charge on any atom is 0.261 e. The molecule has 0 aliphatic heterocycles. The van der Waals surface area contributed by atoms with E-state index in [9.17, 15) is 9.90 Å². The first-order valence-corrected chi connectivity index (χ1v) is 33.2. The molecule has 2 atom stereocenters. The third kappa shape index (κ3) is 14.1. The second-order valence-corrected chi connectivity index (χ2v) is 37.4. The number of ketones is 1. The van der Waals surface area contributed by atoms with Gasteiger partial charge in [0.25, 0.3) is 25.0 Å². The molecule has 0 amide bonds. The number of aliphatic hydroxyl groups is 1. The van der Waals surface area contributed by atoms with Gasteiger partial charge in [-0.2, -0.15) is 0 Å². The third-order valence-corrected chi connectivity index (χ3v) is 30.3. The van der Waals surface area contributed by atoms with E-state index in [4.69, 9.17) is 13.3 Å². The van der Waals surface area contributed by atoms with Gasteiger partial charge in [0.05, 0.1) is 6.10 Å². The van der Waals surface area contributed by atoms with Crippen LogP contribution >= 0.6 is 0 Å². The number of carbonyl (C=O) groups is 1. The van der Waals surface area contributed by atoms with Crippen molar-refractivity contribution in [3.05, 3.63) is 199 Å². The Hall–Kier alpha value is -5.00. The quantitative estimate of drug-likeness (QED) is 0.0457. The van der Waals surface area contributed by atoms with Gasteiger partial charge in [-0.25, -0.2) is 0 Å². The predicted octanol–water partition coefficient (Wildman–Crippen LogP) is 12.7. The molecule has 0 fully saturated rings. The molecular weight excluding hydrogens is 969 g/mol. The SMILES string of the molecule is CC(=C=CCCC(=O)CCC[C@H](O)[C@@H](C)CO[Si](c1ccccc1)(c1ccccc1)C(C)(C)C)CC(C)(CO[Si](c1ccccc1)(c1ccccc1)C(C)(C)C)CO[Si](c1ccccc1)(c1ccccc1)C(C)(C)C. The fourth-order valence-corrected chi connectivity index (χ4v) is 25.6. The number of carbonyl (C=O) groups excluding carboxylic acids is 1. The number of Topliss-reactive ketones (excluding diaryl/α,β-unsaturated/α-hetero) is 1. The van der Waals surface area contributed by atoms with Gasteiger partial charge in [-0.3, -0.25) is 4.79 Å². The van der Waals surface area contributed by atoms with Crippen molar-refractivity contribution in [1.82, 2.24) is 0 Å². The Morgan fingerprint density at radius 2 is 0.813 bits per heavy atom. The summed E-state index contributed by atoms with van der Waals surface area (Å²) in [5.74, 6) is 0.114. The summed E-state index contributed by atoms with van der Waals surface area (Å²) in [7, 11) is -8.53. The third-order valence-electron chi connectivity index (χ3n) is 15.3. The molecule has 1 N–H and O–H groups in total. The Morgan fingerprint density at radius 3 is 1.12 bits per heavy atom. The van der Waals surface area contributed by atoms with Crippen molar-refractivity contribution < 1.29 is 23.2 Å². The van der Waals surface area contributed by atoms with E-state index in [2.05, 4.69) is 271 Å². The molecule has 8 heteroatoms. The van der Waals surface area contributed by atoms with Crippen LogP contribution in [0.1, 0.15) is 122 Å². The maximum atomic E-state index is 13.4. The molecule has 0 bridgehead atoms. The van der Waals surface area contributed by atoms with E-state index in [1.54, 1.807) is 0 Å². The summed E-state index contributed by atoms with van der Waals surface area (Å²) in [5.41, 5.74) is 4.27. The van der Waals surface area contributed by atoms with Crippen molar-refractivity contribution in [3.63, 3.8) is 0 Å². The Labute approximate surface area is 455 Å². The van der Waals surface area contributed by atoms with Crippen molar-refractivity contribution in [2.75, 3.05) is 19.8 Å². The van der Waals surface area contributed by atoms with Crippen LogP contribution in [0.3, 0.4) is 0 Å². The summed E-state index contributed by atoms with van der Waals surface area (Å²) in [6, 6.07) is 64.8.